The molecule has 0 fully saturated rings. The molecule has 0 heterocycles. The number of amides is 1. The monoisotopic (exact) mass is 421 g/mol. The Labute approximate surface area is 151 Å². The molecule has 1 atom stereocenters. The van der Waals surface area contributed by atoms with Crippen molar-refractivity contribution in [2.24, 2.45) is 0 Å². The molecule has 2 rings (SSSR count). The van der Waals surface area contributed by atoms with Gasteiger partial charge in [-0.2, -0.15) is 0 Å². The van der Waals surface area contributed by atoms with Crippen LogP contribution in [0.4, 0.5) is 5.69 Å². The van der Waals surface area contributed by atoms with Crippen LogP contribution in [0.5, 0.6) is 5.75 Å². The summed E-state index contributed by atoms with van der Waals surface area (Å²) in [5.41, 5.74) is 0.500. The molecular weight excluding hydrogens is 412 g/mol. The van der Waals surface area contributed by atoms with Gasteiger partial charge in [-0.1, -0.05) is 50.7 Å². The molecule has 116 valence electrons. The zero-order chi connectivity index (χ0) is 16.3. The lowest BCUT2D eigenvalue weighted by Gasteiger charge is -2.16. The summed E-state index contributed by atoms with van der Waals surface area (Å²) in [6.07, 6.45) is -0.739. The molecule has 2 aromatic carbocycles. The fourth-order valence-corrected chi connectivity index (χ4v) is 2.93. The van der Waals surface area contributed by atoms with E-state index in [4.69, 9.17) is 39.5 Å². The number of anilines is 1. The number of ether oxygens (including phenoxy) is 1. The van der Waals surface area contributed by atoms with Gasteiger partial charge in [-0.25, -0.2) is 0 Å². The minimum Gasteiger partial charge on any atom is -0.479 e. The summed E-state index contributed by atoms with van der Waals surface area (Å²) in [4.78, 5) is 12.1. The third-order valence-corrected chi connectivity index (χ3v) is 3.92. The van der Waals surface area contributed by atoms with Crippen LogP contribution in [0.15, 0.2) is 40.9 Å². The van der Waals surface area contributed by atoms with Crippen molar-refractivity contribution in [1.82, 2.24) is 0 Å². The standard InChI is InChI=1S/C15H11BrCl3NO2/c1-8(22-14-3-2-9(16)4-13(14)19)15(21)20-12-6-10(17)5-11(18)7-12/h2-8H,1H3,(H,20,21). The molecule has 1 unspecified atom stereocenters. The molecule has 0 aromatic heterocycles. The van der Waals surface area contributed by atoms with E-state index in [-0.39, 0.29) is 5.91 Å². The summed E-state index contributed by atoms with van der Waals surface area (Å²) in [5.74, 6) is 0.0916. The molecule has 0 radical (unpaired) electrons. The topological polar surface area (TPSA) is 38.3 Å². The first-order chi connectivity index (χ1) is 10.3. The number of carbonyl (C=O) groups is 1. The minimum absolute atomic E-state index is 0.336. The molecule has 1 amide bonds. The van der Waals surface area contributed by atoms with Crippen LogP contribution in [0.3, 0.4) is 0 Å². The van der Waals surface area contributed by atoms with Gasteiger partial charge in [-0.15, -0.1) is 0 Å². The van der Waals surface area contributed by atoms with E-state index in [0.717, 1.165) is 4.47 Å². The summed E-state index contributed by atoms with van der Waals surface area (Å²) in [6, 6.07) is 9.95. The molecule has 0 aliphatic carbocycles. The molecule has 1 N–H and O–H groups in total. The van der Waals surface area contributed by atoms with Gasteiger partial charge in [0, 0.05) is 20.2 Å². The lowest BCUT2D eigenvalue weighted by Crippen LogP contribution is -2.30. The van der Waals surface area contributed by atoms with Gasteiger partial charge in [0.2, 0.25) is 0 Å². The summed E-state index contributed by atoms with van der Waals surface area (Å²) in [6.45, 7) is 1.62. The molecule has 0 aliphatic rings. The lowest BCUT2D eigenvalue weighted by molar-refractivity contribution is -0.122. The van der Waals surface area contributed by atoms with Gasteiger partial charge in [0.25, 0.3) is 5.91 Å². The highest BCUT2D eigenvalue weighted by Gasteiger charge is 2.17. The molecular formula is C15H11BrCl3NO2. The summed E-state index contributed by atoms with van der Waals surface area (Å²) in [5, 5.41) is 3.98. The van der Waals surface area contributed by atoms with Crippen LogP contribution in [0.25, 0.3) is 0 Å². The second kappa shape index (κ2) is 7.55. The van der Waals surface area contributed by atoms with Crippen molar-refractivity contribution in [3.05, 3.63) is 55.9 Å². The molecule has 0 saturated carbocycles. The van der Waals surface area contributed by atoms with E-state index < -0.39 is 6.10 Å². The van der Waals surface area contributed by atoms with Gasteiger partial charge in [0.1, 0.15) is 5.75 Å². The second-order valence-corrected chi connectivity index (χ2v) is 6.68. The Hall–Kier alpha value is -0.940. The van der Waals surface area contributed by atoms with Crippen molar-refractivity contribution in [3.8, 4) is 5.75 Å². The molecule has 0 saturated heterocycles. The fourth-order valence-electron chi connectivity index (χ4n) is 1.68. The van der Waals surface area contributed by atoms with Crippen molar-refractivity contribution in [1.29, 1.82) is 0 Å². The van der Waals surface area contributed by atoms with Crippen molar-refractivity contribution in [3.63, 3.8) is 0 Å². The molecule has 7 heteroatoms. The smallest absolute Gasteiger partial charge is 0.265 e. The third-order valence-electron chi connectivity index (χ3n) is 2.70. The number of nitrogens with one attached hydrogen (secondary N) is 1. The maximum atomic E-state index is 12.1. The van der Waals surface area contributed by atoms with Gasteiger partial charge in [0.15, 0.2) is 6.10 Å². The fraction of sp³-hybridized carbons (Fsp3) is 0.133. The summed E-state index contributed by atoms with van der Waals surface area (Å²) < 4.78 is 6.39. The van der Waals surface area contributed by atoms with E-state index in [9.17, 15) is 4.79 Å². The minimum atomic E-state index is -0.739. The van der Waals surface area contributed by atoms with E-state index in [1.54, 1.807) is 43.3 Å². The number of halogens is 4. The molecule has 3 nitrogen and oxygen atoms in total. The zero-order valence-corrected chi connectivity index (χ0v) is 15.2. The van der Waals surface area contributed by atoms with Crippen molar-refractivity contribution < 1.29 is 9.53 Å². The van der Waals surface area contributed by atoms with Gasteiger partial charge >= 0.3 is 0 Å². The van der Waals surface area contributed by atoms with E-state index in [2.05, 4.69) is 21.2 Å². The quantitative estimate of drug-likeness (QED) is 0.673. The predicted molar refractivity (Wildman–Crippen MR) is 94.3 cm³/mol. The van der Waals surface area contributed by atoms with Gasteiger partial charge < -0.3 is 10.1 Å². The Kier molecular flexibility index (Phi) is 5.98. The number of benzene rings is 2. The van der Waals surface area contributed by atoms with E-state index in [1.807, 2.05) is 0 Å². The molecule has 0 spiro atoms. The van der Waals surface area contributed by atoms with Crippen LogP contribution < -0.4 is 10.1 Å². The van der Waals surface area contributed by atoms with E-state index in [1.165, 1.54) is 0 Å². The highest BCUT2D eigenvalue weighted by Crippen LogP contribution is 2.29. The molecule has 22 heavy (non-hydrogen) atoms. The van der Waals surface area contributed by atoms with E-state index in [0.29, 0.717) is 26.5 Å². The van der Waals surface area contributed by atoms with Crippen molar-refractivity contribution in [2.75, 3.05) is 5.32 Å². The van der Waals surface area contributed by atoms with Crippen LogP contribution in [0.2, 0.25) is 15.1 Å². The Morgan fingerprint density at radius 1 is 1.14 bits per heavy atom. The SMILES string of the molecule is CC(Oc1ccc(Br)cc1Cl)C(=O)Nc1cc(Cl)cc(Cl)c1. The Balaban J connectivity index is 2.05. The van der Waals surface area contributed by atoms with Crippen LogP contribution in [0.1, 0.15) is 6.92 Å². The average Bonchev–Trinajstić information content (AvgIpc) is 2.40. The maximum absolute atomic E-state index is 12.1. The van der Waals surface area contributed by atoms with Crippen LogP contribution >= 0.6 is 50.7 Å². The molecule has 0 aliphatic heterocycles. The third kappa shape index (κ3) is 4.78. The van der Waals surface area contributed by atoms with Crippen LogP contribution in [-0.4, -0.2) is 12.0 Å². The number of carbonyl (C=O) groups excluding carboxylic acids is 1. The van der Waals surface area contributed by atoms with Crippen molar-refractivity contribution in [2.45, 2.75) is 13.0 Å². The number of hydrogen-bond acceptors (Lipinski definition) is 2. The van der Waals surface area contributed by atoms with Gasteiger partial charge in [-0.3, -0.25) is 4.79 Å². The van der Waals surface area contributed by atoms with E-state index >= 15 is 0 Å². The maximum Gasteiger partial charge on any atom is 0.265 e. The Morgan fingerprint density at radius 3 is 2.36 bits per heavy atom. The van der Waals surface area contributed by atoms with Crippen molar-refractivity contribution >= 4 is 62.3 Å². The number of hydrogen-bond donors (Lipinski definition) is 1. The highest BCUT2D eigenvalue weighted by molar-refractivity contribution is 9.10. The first kappa shape index (κ1) is 17.4. The van der Waals surface area contributed by atoms with Gasteiger partial charge in [0.05, 0.1) is 5.02 Å². The van der Waals surface area contributed by atoms with Gasteiger partial charge in [-0.05, 0) is 43.3 Å². The largest absolute Gasteiger partial charge is 0.479 e. The normalized spacial score (nSPS) is 11.9. The first-order valence-corrected chi connectivity index (χ1v) is 8.16. The lowest BCUT2D eigenvalue weighted by atomic mass is 10.3. The second-order valence-electron chi connectivity index (χ2n) is 4.48. The van der Waals surface area contributed by atoms with Crippen LogP contribution in [-0.2, 0) is 4.79 Å². The van der Waals surface area contributed by atoms with Crippen LogP contribution in [0, 0.1) is 0 Å². The zero-order valence-electron chi connectivity index (χ0n) is 11.4. The molecule has 0 bridgehead atoms. The average molecular weight is 424 g/mol. The summed E-state index contributed by atoms with van der Waals surface area (Å²) >= 11 is 21.1. The Bertz CT molecular complexity index is 689. The summed E-state index contributed by atoms with van der Waals surface area (Å²) in [7, 11) is 0. The number of rotatable bonds is 4. The predicted octanol–water partition coefficient (Wildman–Crippen LogP) is 5.82. The first-order valence-electron chi connectivity index (χ1n) is 6.24. The Morgan fingerprint density at radius 2 is 1.77 bits per heavy atom. The highest BCUT2D eigenvalue weighted by atomic mass is 79.9. The molecule has 2 aromatic rings.